The van der Waals surface area contributed by atoms with Gasteiger partial charge in [0.15, 0.2) is 0 Å². The summed E-state index contributed by atoms with van der Waals surface area (Å²) in [5.74, 6) is 0. The van der Waals surface area contributed by atoms with Crippen molar-refractivity contribution in [1.82, 2.24) is 0 Å². The Morgan fingerprint density at radius 3 is 1.21 bits per heavy atom. The summed E-state index contributed by atoms with van der Waals surface area (Å²) in [5.41, 5.74) is 12.2. The highest BCUT2D eigenvalue weighted by Gasteiger charge is 2.22. The van der Waals surface area contributed by atoms with Gasteiger partial charge in [-0.15, -0.1) is 22.7 Å². The van der Waals surface area contributed by atoms with Crippen LogP contribution in [0.3, 0.4) is 0 Å². The lowest BCUT2D eigenvalue weighted by molar-refractivity contribution is 0.669. The van der Waals surface area contributed by atoms with Crippen molar-refractivity contribution in [2.24, 2.45) is 0 Å². The molecule has 0 aliphatic heterocycles. The van der Waals surface area contributed by atoms with Crippen molar-refractivity contribution in [3.63, 3.8) is 0 Å². The molecule has 6 heteroatoms. The molecule has 12 rings (SSSR count). The van der Waals surface area contributed by atoms with E-state index in [-0.39, 0.29) is 0 Å². The SMILES string of the molecule is C=Cc1ccc(N(c2ccc3oc4cc(-c5cc6oc7ccc(N(c8ccc(C=C)cc8)c8cccc9ccccc89)cc7c6s5)sc4c3c2)c2cccc3ccccc23)cc1. The molecule has 0 N–H and O–H groups in total. The van der Waals surface area contributed by atoms with E-state index in [1.54, 1.807) is 22.7 Å². The number of nitrogens with zero attached hydrogens (tertiary/aromatic N) is 2. The molecule has 8 aromatic carbocycles. The molecule has 12 aromatic rings. The molecule has 0 bridgehead atoms. The van der Waals surface area contributed by atoms with E-state index < -0.39 is 0 Å². The molecular formula is C56H36N2O2S2. The number of thiophene rings is 2. The van der Waals surface area contributed by atoms with Crippen LogP contribution >= 0.6 is 22.7 Å². The van der Waals surface area contributed by atoms with Crippen LogP contribution in [0.15, 0.2) is 204 Å². The van der Waals surface area contributed by atoms with Crippen molar-refractivity contribution in [1.29, 1.82) is 0 Å². The fourth-order valence-electron chi connectivity index (χ4n) is 8.78. The highest BCUT2D eigenvalue weighted by atomic mass is 32.1. The summed E-state index contributed by atoms with van der Waals surface area (Å²) in [4.78, 5) is 6.98. The van der Waals surface area contributed by atoms with E-state index in [1.165, 1.54) is 21.5 Å². The summed E-state index contributed by atoms with van der Waals surface area (Å²) in [6.45, 7) is 7.96. The largest absolute Gasteiger partial charge is 0.455 e. The third kappa shape index (κ3) is 5.95. The maximum atomic E-state index is 6.55. The fraction of sp³-hybridized carbons (Fsp3) is 0. The molecule has 62 heavy (non-hydrogen) atoms. The van der Waals surface area contributed by atoms with E-state index in [0.29, 0.717) is 0 Å². The first-order chi connectivity index (χ1) is 30.6. The van der Waals surface area contributed by atoms with Gasteiger partial charge in [0, 0.05) is 66.2 Å². The third-order valence-electron chi connectivity index (χ3n) is 11.8. The first kappa shape index (κ1) is 36.2. The van der Waals surface area contributed by atoms with Gasteiger partial charge in [-0.1, -0.05) is 122 Å². The minimum Gasteiger partial charge on any atom is -0.455 e. The van der Waals surface area contributed by atoms with Gasteiger partial charge in [0.2, 0.25) is 0 Å². The van der Waals surface area contributed by atoms with Crippen molar-refractivity contribution in [3.05, 3.63) is 206 Å². The van der Waals surface area contributed by atoms with Crippen LogP contribution in [0.4, 0.5) is 34.1 Å². The first-order valence-corrected chi connectivity index (χ1v) is 22.2. The zero-order valence-electron chi connectivity index (χ0n) is 33.4. The monoisotopic (exact) mass is 832 g/mol. The number of furan rings is 2. The van der Waals surface area contributed by atoms with Crippen LogP contribution in [-0.2, 0) is 0 Å². The zero-order valence-corrected chi connectivity index (χ0v) is 35.0. The van der Waals surface area contributed by atoms with Crippen LogP contribution in [0.2, 0.25) is 0 Å². The van der Waals surface area contributed by atoms with Gasteiger partial charge in [-0.25, -0.2) is 0 Å². The highest BCUT2D eigenvalue weighted by Crippen LogP contribution is 2.49. The maximum Gasteiger partial charge on any atom is 0.146 e. The Morgan fingerprint density at radius 1 is 0.371 bits per heavy atom. The Labute approximate surface area is 365 Å². The quantitative estimate of drug-likeness (QED) is 0.145. The second-order valence-corrected chi connectivity index (χ2v) is 17.5. The predicted octanol–water partition coefficient (Wildman–Crippen LogP) is 17.8. The number of anilines is 6. The minimum absolute atomic E-state index is 0.870. The van der Waals surface area contributed by atoms with Gasteiger partial charge in [0.25, 0.3) is 0 Å². The van der Waals surface area contributed by atoms with Crippen molar-refractivity contribution in [2.45, 2.75) is 0 Å². The standard InChI is InChI=1S/C56H36N2O2S2/c1-3-35-19-23-39(24-20-35)57(47-17-9-13-37-11-5-7-15-43(37)47)41-27-29-49-45(31-41)55-51(59-49)33-53(61-55)54-34-52-56(62-54)46-32-42(28-30-50(46)60-52)58(40-25-21-36(4-2)22-26-40)48-18-10-14-38-12-6-8-16-44(38)48/h3-34H,1-2H2. The van der Waals surface area contributed by atoms with E-state index in [2.05, 4.69) is 205 Å². The normalized spacial score (nSPS) is 11.7. The second kappa shape index (κ2) is 14.5. The molecule has 0 radical (unpaired) electrons. The van der Waals surface area contributed by atoms with Gasteiger partial charge >= 0.3 is 0 Å². The van der Waals surface area contributed by atoms with Gasteiger partial charge in [0.05, 0.1) is 20.8 Å². The molecular weight excluding hydrogens is 797 g/mol. The van der Waals surface area contributed by atoms with E-state index in [0.717, 1.165) is 97.5 Å². The molecule has 4 heterocycles. The van der Waals surface area contributed by atoms with Crippen molar-refractivity contribution >= 4 is 133 Å². The highest BCUT2D eigenvalue weighted by molar-refractivity contribution is 7.29. The molecule has 294 valence electrons. The van der Waals surface area contributed by atoms with Gasteiger partial charge in [-0.2, -0.15) is 0 Å². The average molecular weight is 833 g/mol. The lowest BCUT2D eigenvalue weighted by Gasteiger charge is -2.27. The number of rotatable bonds is 9. The van der Waals surface area contributed by atoms with Crippen LogP contribution in [0.5, 0.6) is 0 Å². The fourth-order valence-corrected chi connectivity index (χ4v) is 11.1. The average Bonchev–Trinajstić information content (AvgIpc) is 4.10. The summed E-state index contributed by atoms with van der Waals surface area (Å²) in [6, 6.07) is 64.7. The van der Waals surface area contributed by atoms with E-state index in [1.807, 2.05) is 12.2 Å². The van der Waals surface area contributed by atoms with E-state index >= 15 is 0 Å². The van der Waals surface area contributed by atoms with Crippen molar-refractivity contribution in [3.8, 4) is 9.75 Å². The van der Waals surface area contributed by atoms with E-state index in [9.17, 15) is 0 Å². The lowest BCUT2D eigenvalue weighted by Crippen LogP contribution is -2.10. The zero-order chi connectivity index (χ0) is 41.3. The van der Waals surface area contributed by atoms with Crippen LogP contribution in [0.25, 0.3) is 86.0 Å². The van der Waals surface area contributed by atoms with Gasteiger partial charge in [0.1, 0.15) is 22.3 Å². The number of hydrogen-bond acceptors (Lipinski definition) is 6. The molecule has 0 unspecified atom stereocenters. The van der Waals surface area contributed by atoms with E-state index in [4.69, 9.17) is 8.83 Å². The molecule has 0 saturated carbocycles. The Morgan fingerprint density at radius 2 is 0.774 bits per heavy atom. The van der Waals surface area contributed by atoms with Crippen LogP contribution in [-0.4, -0.2) is 0 Å². The molecule has 0 aliphatic rings. The number of hydrogen-bond donors (Lipinski definition) is 0. The summed E-state index contributed by atoms with van der Waals surface area (Å²) in [5, 5.41) is 6.93. The molecule has 0 aliphatic carbocycles. The molecule has 4 nitrogen and oxygen atoms in total. The lowest BCUT2D eigenvalue weighted by atomic mass is 10.1. The molecule has 0 saturated heterocycles. The van der Waals surface area contributed by atoms with Gasteiger partial charge < -0.3 is 18.6 Å². The molecule has 0 atom stereocenters. The Balaban J connectivity index is 0.956. The first-order valence-electron chi connectivity index (χ1n) is 20.5. The topological polar surface area (TPSA) is 32.8 Å². The molecule has 0 amide bonds. The predicted molar refractivity (Wildman–Crippen MR) is 267 cm³/mol. The summed E-state index contributed by atoms with van der Waals surface area (Å²) < 4.78 is 15.4. The summed E-state index contributed by atoms with van der Waals surface area (Å²) >= 11 is 3.53. The summed E-state index contributed by atoms with van der Waals surface area (Å²) in [6.07, 6.45) is 3.76. The summed E-state index contributed by atoms with van der Waals surface area (Å²) in [7, 11) is 0. The number of benzene rings is 8. The number of fused-ring (bicyclic) bond motifs is 8. The third-order valence-corrected chi connectivity index (χ3v) is 14.3. The van der Waals surface area contributed by atoms with Gasteiger partial charge in [-0.05, 0) is 94.7 Å². The van der Waals surface area contributed by atoms with Crippen molar-refractivity contribution < 1.29 is 8.83 Å². The maximum absolute atomic E-state index is 6.55. The second-order valence-electron chi connectivity index (χ2n) is 15.4. The van der Waals surface area contributed by atoms with Crippen molar-refractivity contribution in [2.75, 3.05) is 9.80 Å². The molecule has 0 fully saturated rings. The van der Waals surface area contributed by atoms with Crippen LogP contribution in [0.1, 0.15) is 11.1 Å². The smallest absolute Gasteiger partial charge is 0.146 e. The molecule has 4 aromatic heterocycles. The molecule has 0 spiro atoms. The Bertz CT molecular complexity index is 3440. The van der Waals surface area contributed by atoms with Gasteiger partial charge in [-0.3, -0.25) is 0 Å². The minimum atomic E-state index is 0.870. The van der Waals surface area contributed by atoms with Crippen LogP contribution < -0.4 is 9.80 Å². The Kier molecular flexibility index (Phi) is 8.49. The Hall–Kier alpha value is -7.64. The van der Waals surface area contributed by atoms with Crippen LogP contribution in [0, 0.1) is 0 Å².